The van der Waals surface area contributed by atoms with Crippen LogP contribution in [0.2, 0.25) is 0 Å². The second kappa shape index (κ2) is 6.40. The van der Waals surface area contributed by atoms with Crippen molar-refractivity contribution >= 4 is 16.7 Å². The van der Waals surface area contributed by atoms with Crippen LogP contribution in [0.4, 0.5) is 0 Å². The summed E-state index contributed by atoms with van der Waals surface area (Å²) in [5, 5.41) is 19.8. The normalized spacial score (nSPS) is 11.0. The predicted octanol–water partition coefficient (Wildman–Crippen LogP) is 4.71. The summed E-state index contributed by atoms with van der Waals surface area (Å²) >= 11 is 0. The Kier molecular flexibility index (Phi) is 3.72. The van der Waals surface area contributed by atoms with Gasteiger partial charge in [0, 0.05) is 29.2 Å². The van der Waals surface area contributed by atoms with Crippen LogP contribution in [0.1, 0.15) is 18.3 Å². The zero-order chi connectivity index (χ0) is 20.0. The smallest absolute Gasteiger partial charge is 0.214 e. The van der Waals surface area contributed by atoms with Crippen LogP contribution in [0.5, 0.6) is 0 Å². The predicted molar refractivity (Wildman–Crippen MR) is 111 cm³/mol. The van der Waals surface area contributed by atoms with Gasteiger partial charge in [0.1, 0.15) is 12.1 Å². The second-order valence-electron chi connectivity index (χ2n) is 6.75. The Hall–Kier alpha value is -4.29. The van der Waals surface area contributed by atoms with Crippen molar-refractivity contribution in [1.29, 1.82) is 10.5 Å². The lowest BCUT2D eigenvalue weighted by Gasteiger charge is -2.10. The summed E-state index contributed by atoms with van der Waals surface area (Å²) in [5.41, 5.74) is 5.66. The van der Waals surface area contributed by atoms with E-state index in [1.54, 1.807) is 4.40 Å². The van der Waals surface area contributed by atoms with Crippen molar-refractivity contribution in [2.24, 2.45) is 0 Å². The molecule has 0 fully saturated rings. The summed E-state index contributed by atoms with van der Waals surface area (Å²) in [4.78, 5) is 7.59. The first-order valence-electron chi connectivity index (χ1n) is 9.35. The third kappa shape index (κ3) is 2.37. The number of nitriles is 2. The van der Waals surface area contributed by atoms with E-state index in [9.17, 15) is 10.5 Å². The van der Waals surface area contributed by atoms with Crippen molar-refractivity contribution in [1.82, 2.24) is 18.9 Å². The summed E-state index contributed by atoms with van der Waals surface area (Å²) in [6, 6.07) is 22.7. The van der Waals surface area contributed by atoms with Crippen molar-refractivity contribution in [3.05, 3.63) is 72.2 Å². The molecule has 0 amide bonds. The number of aryl methyl sites for hydroxylation is 1. The molecule has 3 heterocycles. The van der Waals surface area contributed by atoms with Crippen molar-refractivity contribution in [3.8, 4) is 34.7 Å². The monoisotopic (exact) mass is 376 g/mol. The Bertz CT molecular complexity index is 1450. The average Bonchev–Trinajstić information content (AvgIpc) is 3.41. The van der Waals surface area contributed by atoms with Crippen LogP contribution in [0.3, 0.4) is 0 Å². The summed E-state index contributed by atoms with van der Waals surface area (Å²) in [6.07, 6.45) is 1.86. The highest BCUT2D eigenvalue weighted by atomic mass is 15.1. The number of aromatic nitrogens is 4. The molecule has 138 valence electrons. The number of fused-ring (bicyclic) bond motifs is 2. The molecule has 0 saturated carbocycles. The quantitative estimate of drug-likeness (QED) is 0.494. The van der Waals surface area contributed by atoms with Crippen LogP contribution in [-0.4, -0.2) is 18.9 Å². The van der Waals surface area contributed by atoms with Crippen molar-refractivity contribution < 1.29 is 0 Å². The fraction of sp³-hybridized carbons (Fsp3) is 0.0870. The van der Waals surface area contributed by atoms with E-state index in [1.165, 1.54) is 0 Å². The van der Waals surface area contributed by atoms with Crippen LogP contribution in [0.25, 0.3) is 39.2 Å². The number of aromatic amines is 1. The molecular formula is C23H16N6. The number of nitrogens with zero attached hydrogens (tertiary/aromatic N) is 5. The molecule has 29 heavy (non-hydrogen) atoms. The number of nitrogens with one attached hydrogen (secondary N) is 1. The maximum Gasteiger partial charge on any atom is 0.214 e. The van der Waals surface area contributed by atoms with E-state index in [1.807, 2.05) is 42.6 Å². The number of imidazole rings is 2. The number of rotatable bonds is 3. The Morgan fingerprint density at radius 3 is 2.48 bits per heavy atom. The van der Waals surface area contributed by atoms with Crippen LogP contribution >= 0.6 is 0 Å². The Morgan fingerprint density at radius 2 is 1.76 bits per heavy atom. The molecule has 0 saturated heterocycles. The van der Waals surface area contributed by atoms with Gasteiger partial charge in [-0.05, 0) is 18.6 Å². The van der Waals surface area contributed by atoms with Gasteiger partial charge >= 0.3 is 0 Å². The van der Waals surface area contributed by atoms with E-state index in [0.29, 0.717) is 5.78 Å². The Labute approximate surface area is 166 Å². The molecule has 6 nitrogen and oxygen atoms in total. The lowest BCUT2D eigenvalue weighted by Crippen LogP contribution is -1.97. The van der Waals surface area contributed by atoms with Crippen LogP contribution in [0, 0.1) is 22.7 Å². The van der Waals surface area contributed by atoms with Crippen molar-refractivity contribution in [3.63, 3.8) is 0 Å². The van der Waals surface area contributed by atoms with Gasteiger partial charge in [0.05, 0.1) is 11.4 Å². The lowest BCUT2D eigenvalue weighted by atomic mass is 10.0. The molecule has 2 aromatic carbocycles. The van der Waals surface area contributed by atoms with Crippen molar-refractivity contribution in [2.75, 3.05) is 0 Å². The van der Waals surface area contributed by atoms with Gasteiger partial charge in [-0.3, -0.25) is 4.40 Å². The highest BCUT2D eigenvalue weighted by Gasteiger charge is 2.22. The van der Waals surface area contributed by atoms with E-state index in [-0.39, 0.29) is 11.4 Å². The van der Waals surface area contributed by atoms with Crippen LogP contribution < -0.4 is 0 Å². The average molecular weight is 376 g/mol. The first-order chi connectivity index (χ1) is 14.3. The molecule has 0 bridgehead atoms. The minimum absolute atomic E-state index is 0.129. The molecule has 5 rings (SSSR count). The van der Waals surface area contributed by atoms with E-state index in [0.717, 1.165) is 40.0 Å². The molecule has 3 aromatic heterocycles. The molecule has 0 atom stereocenters. The Balaban J connectivity index is 1.88. The number of H-pyrrole nitrogens is 1. The number of hydrogen-bond donors (Lipinski definition) is 1. The summed E-state index contributed by atoms with van der Waals surface area (Å²) in [5.74, 6) is 0.487. The number of para-hydroxylation sites is 1. The van der Waals surface area contributed by atoms with Gasteiger partial charge in [0.25, 0.3) is 0 Å². The molecule has 0 aliphatic rings. The zero-order valence-electron chi connectivity index (χ0n) is 15.7. The summed E-state index contributed by atoms with van der Waals surface area (Å²) in [6.45, 7) is 2.96. The highest BCUT2D eigenvalue weighted by molar-refractivity contribution is 6.04. The van der Waals surface area contributed by atoms with E-state index < -0.39 is 0 Å². The number of hydrogen-bond acceptors (Lipinski definition) is 3. The molecule has 0 aliphatic heterocycles. The molecular weight excluding hydrogens is 360 g/mol. The first-order valence-corrected chi connectivity index (χ1v) is 9.35. The van der Waals surface area contributed by atoms with E-state index in [4.69, 9.17) is 0 Å². The molecule has 1 N–H and O–H groups in total. The summed E-state index contributed by atoms with van der Waals surface area (Å²) in [7, 11) is 0. The fourth-order valence-electron chi connectivity index (χ4n) is 4.04. The molecule has 5 aromatic rings. The largest absolute Gasteiger partial charge is 0.340 e. The summed E-state index contributed by atoms with van der Waals surface area (Å²) < 4.78 is 3.95. The van der Waals surface area contributed by atoms with Gasteiger partial charge < -0.3 is 9.55 Å². The minimum Gasteiger partial charge on any atom is -0.340 e. The third-order valence-corrected chi connectivity index (χ3v) is 5.23. The maximum atomic E-state index is 9.48. The molecule has 0 spiro atoms. The molecule has 0 unspecified atom stereocenters. The molecule has 0 radical (unpaired) electrons. The molecule has 6 heteroatoms. The van der Waals surface area contributed by atoms with Gasteiger partial charge in [0.15, 0.2) is 11.4 Å². The van der Waals surface area contributed by atoms with Gasteiger partial charge in [0.2, 0.25) is 5.78 Å². The standard InChI is InChI=1S/C23H16N6/c1-2-28-19-11-7-6-10-16(19)21(22(28)15-8-4-3-5-9-15)18-14-29-20(13-25)17(12-24)26-23(29)27-18/h3-11,14H,2H2,1H3,(H,26,27). The maximum absolute atomic E-state index is 9.48. The molecule has 0 aliphatic carbocycles. The van der Waals surface area contributed by atoms with E-state index in [2.05, 4.69) is 51.8 Å². The van der Waals surface area contributed by atoms with Gasteiger partial charge in [-0.15, -0.1) is 0 Å². The second-order valence-corrected chi connectivity index (χ2v) is 6.75. The lowest BCUT2D eigenvalue weighted by molar-refractivity contribution is 0.806. The van der Waals surface area contributed by atoms with E-state index >= 15 is 0 Å². The third-order valence-electron chi connectivity index (χ3n) is 5.23. The van der Waals surface area contributed by atoms with Crippen LogP contribution in [-0.2, 0) is 6.54 Å². The van der Waals surface area contributed by atoms with Gasteiger partial charge in [-0.1, -0.05) is 48.5 Å². The number of benzene rings is 2. The minimum atomic E-state index is 0.129. The SMILES string of the molecule is CCn1c(-c2ccccc2)c(-c2cn3c(C#N)c(C#N)nc3[nH]2)c2ccccc21. The van der Waals surface area contributed by atoms with Crippen LogP contribution in [0.15, 0.2) is 60.8 Å². The topological polar surface area (TPSA) is 85.6 Å². The highest BCUT2D eigenvalue weighted by Crippen LogP contribution is 2.40. The fourth-order valence-corrected chi connectivity index (χ4v) is 4.04. The first kappa shape index (κ1) is 16.9. The Morgan fingerprint density at radius 1 is 1.00 bits per heavy atom. The zero-order valence-corrected chi connectivity index (χ0v) is 15.7. The van der Waals surface area contributed by atoms with Gasteiger partial charge in [-0.25, -0.2) is 4.98 Å². The van der Waals surface area contributed by atoms with Crippen molar-refractivity contribution in [2.45, 2.75) is 13.5 Å². The van der Waals surface area contributed by atoms with Gasteiger partial charge in [-0.2, -0.15) is 10.5 Å².